The zero-order valence-corrected chi connectivity index (χ0v) is 14.6. The molecule has 2 nitrogen and oxygen atoms in total. The molecule has 0 unspecified atom stereocenters. The molecule has 0 aliphatic rings. The van der Waals surface area contributed by atoms with Crippen molar-refractivity contribution in [2.45, 2.75) is 0 Å². The first kappa shape index (κ1) is 16.1. The Morgan fingerprint density at radius 1 is 0.769 bits per heavy atom. The Morgan fingerprint density at radius 3 is 2.00 bits per heavy atom. The van der Waals surface area contributed by atoms with Gasteiger partial charge in [-0.15, -0.1) is 0 Å². The highest BCUT2D eigenvalue weighted by molar-refractivity contribution is 6.06. The Kier molecular flexibility index (Phi) is 4.48. The molecule has 4 aromatic rings. The molecule has 0 N–H and O–H groups in total. The first-order valence-electron chi connectivity index (χ1n) is 8.59. The van der Waals surface area contributed by atoms with Crippen LogP contribution in [0.2, 0.25) is 0 Å². The number of rotatable bonds is 4. The number of aliphatic imine (C=N–C) groups is 1. The largest absolute Gasteiger partial charge is 0.497 e. The Morgan fingerprint density at radius 2 is 1.38 bits per heavy atom. The van der Waals surface area contributed by atoms with Crippen molar-refractivity contribution in [2.75, 3.05) is 7.11 Å². The first-order valence-corrected chi connectivity index (χ1v) is 8.59. The summed E-state index contributed by atoms with van der Waals surface area (Å²) in [5.74, 6) is 0.847. The third kappa shape index (κ3) is 3.22. The monoisotopic (exact) mass is 337 g/mol. The Balaban J connectivity index is 1.70. The molecule has 0 aliphatic carbocycles. The van der Waals surface area contributed by atoms with E-state index in [0.717, 1.165) is 11.3 Å². The van der Waals surface area contributed by atoms with E-state index < -0.39 is 0 Å². The van der Waals surface area contributed by atoms with Crippen molar-refractivity contribution in [3.8, 4) is 5.75 Å². The van der Waals surface area contributed by atoms with Crippen LogP contribution in [0.15, 0.2) is 90.1 Å². The van der Waals surface area contributed by atoms with Crippen molar-refractivity contribution in [2.24, 2.45) is 4.99 Å². The van der Waals surface area contributed by atoms with Crippen molar-refractivity contribution in [1.82, 2.24) is 0 Å². The van der Waals surface area contributed by atoms with Crippen molar-refractivity contribution in [3.63, 3.8) is 0 Å². The third-order valence-corrected chi connectivity index (χ3v) is 4.48. The highest BCUT2D eigenvalue weighted by Crippen LogP contribution is 2.29. The highest BCUT2D eigenvalue weighted by atomic mass is 16.5. The third-order valence-electron chi connectivity index (χ3n) is 4.48. The minimum Gasteiger partial charge on any atom is -0.497 e. The van der Waals surface area contributed by atoms with Crippen molar-refractivity contribution >= 4 is 33.8 Å². The second-order valence-electron chi connectivity index (χ2n) is 6.10. The number of nitrogens with zero attached hydrogens (tertiary/aromatic N) is 1. The second kappa shape index (κ2) is 7.24. The summed E-state index contributed by atoms with van der Waals surface area (Å²) in [7, 11) is 1.67. The maximum atomic E-state index is 5.18. The van der Waals surface area contributed by atoms with Gasteiger partial charge in [0.2, 0.25) is 0 Å². The Labute approximate surface area is 153 Å². The number of hydrogen-bond donors (Lipinski definition) is 0. The smallest absolute Gasteiger partial charge is 0.118 e. The van der Waals surface area contributed by atoms with E-state index in [0.29, 0.717) is 0 Å². The molecule has 4 aromatic carbocycles. The predicted molar refractivity (Wildman–Crippen MR) is 111 cm³/mol. The molecule has 0 radical (unpaired) electrons. The second-order valence-corrected chi connectivity index (χ2v) is 6.10. The zero-order chi connectivity index (χ0) is 17.8. The van der Waals surface area contributed by atoms with E-state index in [1.54, 1.807) is 7.11 Å². The molecule has 0 aliphatic heterocycles. The SMILES string of the molecule is COc1ccc(C=N/C=C/c2c3ccccc3cc3ccccc23)cc1. The van der Waals surface area contributed by atoms with Crippen LogP contribution >= 0.6 is 0 Å². The lowest BCUT2D eigenvalue weighted by molar-refractivity contribution is 0.415. The van der Waals surface area contributed by atoms with Crippen LogP contribution in [0.25, 0.3) is 27.6 Å². The van der Waals surface area contributed by atoms with Crippen LogP contribution in [0, 0.1) is 0 Å². The van der Waals surface area contributed by atoms with Gasteiger partial charge in [0.05, 0.1) is 7.11 Å². The normalized spacial score (nSPS) is 11.7. The molecule has 0 saturated heterocycles. The van der Waals surface area contributed by atoms with E-state index in [-0.39, 0.29) is 0 Å². The van der Waals surface area contributed by atoms with Crippen molar-refractivity contribution in [3.05, 3.63) is 96.2 Å². The summed E-state index contributed by atoms with van der Waals surface area (Å²) in [6, 6.07) is 27.0. The summed E-state index contributed by atoms with van der Waals surface area (Å²) in [5, 5.41) is 4.96. The van der Waals surface area contributed by atoms with E-state index in [1.807, 2.05) is 36.7 Å². The van der Waals surface area contributed by atoms with Crippen molar-refractivity contribution < 1.29 is 4.74 Å². The summed E-state index contributed by atoms with van der Waals surface area (Å²) < 4.78 is 5.18. The van der Waals surface area contributed by atoms with Crippen LogP contribution in [-0.4, -0.2) is 13.3 Å². The molecule has 126 valence electrons. The zero-order valence-electron chi connectivity index (χ0n) is 14.6. The first-order chi connectivity index (χ1) is 12.8. The summed E-state index contributed by atoms with van der Waals surface area (Å²) in [6.07, 6.45) is 5.80. The van der Waals surface area contributed by atoms with Crippen molar-refractivity contribution in [1.29, 1.82) is 0 Å². The molecule has 0 aromatic heterocycles. The van der Waals surface area contributed by atoms with Crippen LogP contribution in [0.4, 0.5) is 0 Å². The molecule has 26 heavy (non-hydrogen) atoms. The molecule has 0 atom stereocenters. The fourth-order valence-electron chi connectivity index (χ4n) is 3.17. The lowest BCUT2D eigenvalue weighted by Gasteiger charge is -2.07. The minimum atomic E-state index is 0.847. The number of ether oxygens (including phenoxy) is 1. The minimum absolute atomic E-state index is 0.847. The van der Waals surface area contributed by atoms with Gasteiger partial charge >= 0.3 is 0 Å². The molecular weight excluding hydrogens is 318 g/mol. The topological polar surface area (TPSA) is 21.6 Å². The number of benzene rings is 4. The van der Waals surface area contributed by atoms with Gasteiger partial charge in [-0.1, -0.05) is 48.5 Å². The van der Waals surface area contributed by atoms with E-state index in [4.69, 9.17) is 4.74 Å². The van der Waals surface area contributed by atoms with E-state index in [1.165, 1.54) is 27.1 Å². The molecule has 0 spiro atoms. The van der Waals surface area contributed by atoms with E-state index >= 15 is 0 Å². The average Bonchev–Trinajstić information content (AvgIpc) is 2.71. The molecule has 2 heteroatoms. The van der Waals surface area contributed by atoms with Crippen LogP contribution < -0.4 is 4.74 Å². The number of hydrogen-bond acceptors (Lipinski definition) is 2. The quantitative estimate of drug-likeness (QED) is 0.326. The molecule has 0 fully saturated rings. The molecule has 0 saturated carbocycles. The van der Waals surface area contributed by atoms with Gasteiger partial charge in [0.25, 0.3) is 0 Å². The summed E-state index contributed by atoms with van der Waals surface area (Å²) in [6.45, 7) is 0. The fraction of sp³-hybridized carbons (Fsp3) is 0.0417. The van der Waals surface area contributed by atoms with Gasteiger partial charge in [0.15, 0.2) is 0 Å². The van der Waals surface area contributed by atoms with Gasteiger partial charge in [0, 0.05) is 12.4 Å². The van der Waals surface area contributed by atoms with Crippen LogP contribution in [0.5, 0.6) is 5.75 Å². The fourth-order valence-corrected chi connectivity index (χ4v) is 3.17. The van der Waals surface area contributed by atoms with Crippen LogP contribution in [0.1, 0.15) is 11.1 Å². The molecular formula is C24H19NO. The Bertz CT molecular complexity index is 1050. The van der Waals surface area contributed by atoms with Gasteiger partial charge in [-0.25, -0.2) is 0 Å². The van der Waals surface area contributed by atoms with E-state index in [9.17, 15) is 0 Å². The Hall–Kier alpha value is -3.39. The van der Waals surface area contributed by atoms with E-state index in [2.05, 4.69) is 65.7 Å². The molecule has 0 amide bonds. The summed E-state index contributed by atoms with van der Waals surface area (Å²) in [4.78, 5) is 4.46. The number of fused-ring (bicyclic) bond motifs is 2. The van der Waals surface area contributed by atoms with Gasteiger partial charge in [-0.2, -0.15) is 0 Å². The molecule has 4 rings (SSSR count). The standard InChI is InChI=1S/C24H19NO/c1-26-21-12-10-18(11-13-21)17-25-15-14-24-22-8-4-2-6-19(22)16-20-7-3-5-9-23(20)24/h2-17H,1H3/b15-14+,25-17?. The predicted octanol–water partition coefficient (Wildman–Crippen LogP) is 6.09. The number of methoxy groups -OCH3 is 1. The lowest BCUT2D eigenvalue weighted by atomic mass is 9.97. The van der Waals surface area contributed by atoms with Gasteiger partial charge in [-0.05, 0) is 69.1 Å². The summed E-state index contributed by atoms with van der Waals surface area (Å²) in [5.41, 5.74) is 2.24. The average molecular weight is 337 g/mol. The van der Waals surface area contributed by atoms with Gasteiger partial charge in [-0.3, -0.25) is 4.99 Å². The van der Waals surface area contributed by atoms with Gasteiger partial charge in [0.1, 0.15) is 5.75 Å². The lowest BCUT2D eigenvalue weighted by Crippen LogP contribution is -1.84. The van der Waals surface area contributed by atoms with Crippen LogP contribution in [0.3, 0.4) is 0 Å². The van der Waals surface area contributed by atoms with Gasteiger partial charge < -0.3 is 4.74 Å². The van der Waals surface area contributed by atoms with Crippen LogP contribution in [-0.2, 0) is 0 Å². The maximum absolute atomic E-state index is 5.18. The summed E-state index contributed by atoms with van der Waals surface area (Å²) >= 11 is 0. The molecule has 0 heterocycles. The molecule has 0 bridgehead atoms. The highest BCUT2D eigenvalue weighted by Gasteiger charge is 2.04. The maximum Gasteiger partial charge on any atom is 0.118 e.